The maximum Gasteiger partial charge on any atom is 0.225 e. The Kier molecular flexibility index (Phi) is 6.11. The van der Waals surface area contributed by atoms with Gasteiger partial charge in [0.25, 0.3) is 0 Å². The second-order valence-electron chi connectivity index (χ2n) is 9.09. The van der Waals surface area contributed by atoms with Gasteiger partial charge in [0.2, 0.25) is 5.95 Å². The Labute approximate surface area is 180 Å². The van der Waals surface area contributed by atoms with E-state index >= 15 is 0 Å². The lowest BCUT2D eigenvalue weighted by molar-refractivity contribution is 0.206. The van der Waals surface area contributed by atoms with Crippen LogP contribution in [0.4, 0.5) is 11.8 Å². The SMILES string of the molecule is c1ccc(CN2CCC[C@H](Nc3nc4c(c(N5CCCCCC5)n3)CCC4)C2)nc1. The molecule has 6 nitrogen and oxygen atoms in total. The molecule has 2 fully saturated rings. The van der Waals surface area contributed by atoms with Gasteiger partial charge in [-0.2, -0.15) is 4.98 Å². The number of hydrogen-bond donors (Lipinski definition) is 1. The van der Waals surface area contributed by atoms with Gasteiger partial charge < -0.3 is 10.2 Å². The largest absolute Gasteiger partial charge is 0.356 e. The average molecular weight is 407 g/mol. The van der Waals surface area contributed by atoms with E-state index in [9.17, 15) is 0 Å². The Morgan fingerprint density at radius 3 is 2.67 bits per heavy atom. The zero-order valence-electron chi connectivity index (χ0n) is 18.0. The summed E-state index contributed by atoms with van der Waals surface area (Å²) >= 11 is 0. The molecule has 5 rings (SSSR count). The van der Waals surface area contributed by atoms with Crippen LogP contribution in [-0.2, 0) is 19.4 Å². The molecule has 0 radical (unpaired) electrons. The predicted octanol–water partition coefficient (Wildman–Crippen LogP) is 3.82. The van der Waals surface area contributed by atoms with E-state index in [0.29, 0.717) is 6.04 Å². The fraction of sp³-hybridized carbons (Fsp3) is 0.625. The van der Waals surface area contributed by atoms with Crippen molar-refractivity contribution < 1.29 is 0 Å². The van der Waals surface area contributed by atoms with Crippen LogP contribution in [0.1, 0.15) is 61.9 Å². The molecule has 0 spiro atoms. The van der Waals surface area contributed by atoms with Crippen molar-refractivity contribution in [3.63, 3.8) is 0 Å². The Morgan fingerprint density at radius 1 is 0.933 bits per heavy atom. The molecule has 3 aliphatic rings. The Bertz CT molecular complexity index is 831. The number of aryl methyl sites for hydroxylation is 1. The molecule has 0 amide bonds. The van der Waals surface area contributed by atoms with Crippen LogP contribution in [0.15, 0.2) is 24.4 Å². The monoisotopic (exact) mass is 406 g/mol. The van der Waals surface area contributed by atoms with Gasteiger partial charge in [-0.1, -0.05) is 18.9 Å². The minimum Gasteiger partial charge on any atom is -0.356 e. The molecule has 2 aliphatic heterocycles. The number of hydrogen-bond acceptors (Lipinski definition) is 6. The third kappa shape index (κ3) is 4.59. The highest BCUT2D eigenvalue weighted by Gasteiger charge is 2.26. The van der Waals surface area contributed by atoms with E-state index in [0.717, 1.165) is 57.2 Å². The molecule has 0 unspecified atom stereocenters. The number of rotatable bonds is 5. The van der Waals surface area contributed by atoms with Crippen LogP contribution in [0.25, 0.3) is 0 Å². The number of nitrogens with one attached hydrogen (secondary N) is 1. The lowest BCUT2D eigenvalue weighted by Gasteiger charge is -2.33. The minimum absolute atomic E-state index is 0.402. The summed E-state index contributed by atoms with van der Waals surface area (Å²) in [5.41, 5.74) is 3.85. The Hall–Kier alpha value is -2.21. The summed E-state index contributed by atoms with van der Waals surface area (Å²) in [6, 6.07) is 6.58. The fourth-order valence-electron chi connectivity index (χ4n) is 5.24. The van der Waals surface area contributed by atoms with E-state index in [1.54, 1.807) is 0 Å². The van der Waals surface area contributed by atoms with Crippen LogP contribution in [0.2, 0.25) is 0 Å². The highest BCUT2D eigenvalue weighted by Crippen LogP contribution is 2.31. The average Bonchev–Trinajstić information content (AvgIpc) is 3.07. The van der Waals surface area contributed by atoms with Crippen LogP contribution < -0.4 is 10.2 Å². The molecule has 0 saturated carbocycles. The van der Waals surface area contributed by atoms with Crippen molar-refractivity contribution in [2.45, 2.75) is 70.4 Å². The molecule has 4 heterocycles. The van der Waals surface area contributed by atoms with Gasteiger partial charge in [-0.15, -0.1) is 0 Å². The first-order valence-corrected chi connectivity index (χ1v) is 11.9. The summed E-state index contributed by atoms with van der Waals surface area (Å²) in [6.45, 7) is 5.37. The van der Waals surface area contributed by atoms with Crippen LogP contribution in [0.3, 0.4) is 0 Å². The van der Waals surface area contributed by atoms with Crippen molar-refractivity contribution >= 4 is 11.8 Å². The highest BCUT2D eigenvalue weighted by molar-refractivity contribution is 5.54. The number of aromatic nitrogens is 3. The molecule has 1 N–H and O–H groups in total. The van der Waals surface area contributed by atoms with Crippen molar-refractivity contribution in [3.05, 3.63) is 41.3 Å². The van der Waals surface area contributed by atoms with Gasteiger partial charge in [-0.05, 0) is 63.6 Å². The zero-order chi connectivity index (χ0) is 20.2. The summed E-state index contributed by atoms with van der Waals surface area (Å²) in [5, 5.41) is 3.71. The maximum atomic E-state index is 5.09. The molecule has 2 aromatic rings. The van der Waals surface area contributed by atoms with E-state index in [2.05, 4.69) is 32.2 Å². The molecule has 6 heteroatoms. The topological polar surface area (TPSA) is 57.2 Å². The van der Waals surface area contributed by atoms with Crippen molar-refractivity contribution in [1.29, 1.82) is 0 Å². The first-order valence-electron chi connectivity index (χ1n) is 11.9. The molecule has 30 heavy (non-hydrogen) atoms. The summed E-state index contributed by atoms with van der Waals surface area (Å²) in [4.78, 5) is 19.6. The summed E-state index contributed by atoms with van der Waals surface area (Å²) in [5.74, 6) is 2.07. The van der Waals surface area contributed by atoms with E-state index in [1.807, 2.05) is 12.3 Å². The first kappa shape index (κ1) is 19.7. The quantitative estimate of drug-likeness (QED) is 0.815. The second kappa shape index (κ2) is 9.29. The molecule has 2 saturated heterocycles. The number of anilines is 2. The summed E-state index contributed by atoms with van der Waals surface area (Å²) in [7, 11) is 0. The molecule has 0 bridgehead atoms. The van der Waals surface area contributed by atoms with Crippen LogP contribution in [0.5, 0.6) is 0 Å². The third-order valence-electron chi connectivity index (χ3n) is 6.77. The van der Waals surface area contributed by atoms with Crippen LogP contribution in [-0.4, -0.2) is 52.1 Å². The fourth-order valence-corrected chi connectivity index (χ4v) is 5.24. The lowest BCUT2D eigenvalue weighted by Crippen LogP contribution is -2.42. The normalized spacial score (nSPS) is 22.5. The number of likely N-dealkylation sites (tertiary alicyclic amines) is 1. The number of nitrogens with zero attached hydrogens (tertiary/aromatic N) is 5. The number of fused-ring (bicyclic) bond motifs is 1. The van der Waals surface area contributed by atoms with Gasteiger partial charge in [0.05, 0.1) is 11.4 Å². The summed E-state index contributed by atoms with van der Waals surface area (Å²) in [6.07, 6.45) is 13.0. The van der Waals surface area contributed by atoms with E-state index in [1.165, 1.54) is 62.0 Å². The molecular weight excluding hydrogens is 372 g/mol. The van der Waals surface area contributed by atoms with Gasteiger partial charge in [0.1, 0.15) is 5.82 Å². The summed E-state index contributed by atoms with van der Waals surface area (Å²) < 4.78 is 0. The standard InChI is InChI=1S/C24H34N6/c1-2-6-16-30(15-5-1)23-21-11-7-12-22(21)27-24(28-23)26-20-10-8-14-29(18-20)17-19-9-3-4-13-25-19/h3-4,9,13,20H,1-2,5-8,10-12,14-18H2,(H,26,27,28)/t20-/m0/s1. The number of pyridine rings is 1. The van der Waals surface area contributed by atoms with Crippen molar-refractivity contribution in [3.8, 4) is 0 Å². The van der Waals surface area contributed by atoms with E-state index in [-0.39, 0.29) is 0 Å². The van der Waals surface area contributed by atoms with Crippen molar-refractivity contribution in [1.82, 2.24) is 19.9 Å². The predicted molar refractivity (Wildman–Crippen MR) is 121 cm³/mol. The van der Waals surface area contributed by atoms with Gasteiger partial charge in [0.15, 0.2) is 0 Å². The highest BCUT2D eigenvalue weighted by atomic mass is 15.3. The Morgan fingerprint density at radius 2 is 1.83 bits per heavy atom. The molecule has 0 aromatic carbocycles. The van der Waals surface area contributed by atoms with E-state index in [4.69, 9.17) is 9.97 Å². The first-order chi connectivity index (χ1) is 14.8. The van der Waals surface area contributed by atoms with E-state index < -0.39 is 0 Å². The van der Waals surface area contributed by atoms with Gasteiger partial charge in [0, 0.05) is 44.0 Å². The molecule has 1 aliphatic carbocycles. The number of piperidine rings is 1. The minimum atomic E-state index is 0.402. The maximum absolute atomic E-state index is 5.09. The smallest absolute Gasteiger partial charge is 0.225 e. The lowest BCUT2D eigenvalue weighted by atomic mass is 10.1. The Balaban J connectivity index is 1.30. The van der Waals surface area contributed by atoms with Crippen LogP contribution >= 0.6 is 0 Å². The second-order valence-corrected chi connectivity index (χ2v) is 9.09. The molecule has 1 atom stereocenters. The van der Waals surface area contributed by atoms with Crippen LogP contribution in [0, 0.1) is 0 Å². The third-order valence-corrected chi connectivity index (χ3v) is 6.77. The van der Waals surface area contributed by atoms with Crippen molar-refractivity contribution in [2.24, 2.45) is 0 Å². The van der Waals surface area contributed by atoms with Gasteiger partial charge >= 0.3 is 0 Å². The molecule has 2 aromatic heterocycles. The van der Waals surface area contributed by atoms with Gasteiger partial charge in [-0.25, -0.2) is 4.98 Å². The molecule has 160 valence electrons. The van der Waals surface area contributed by atoms with Gasteiger partial charge in [-0.3, -0.25) is 9.88 Å². The molecular formula is C24H34N6. The zero-order valence-corrected chi connectivity index (χ0v) is 18.0. The van der Waals surface area contributed by atoms with Crippen molar-refractivity contribution in [2.75, 3.05) is 36.4 Å².